The average molecular weight is 458 g/mol. The Hall–Kier alpha value is -1.67. The monoisotopic (exact) mass is 457 g/mol. The van der Waals surface area contributed by atoms with Crippen LogP contribution in [-0.4, -0.2) is 93.0 Å². The van der Waals surface area contributed by atoms with Gasteiger partial charge in [-0.3, -0.25) is 9.69 Å². The first-order chi connectivity index (χ1) is 16.2. The number of morpholine rings is 1. The van der Waals surface area contributed by atoms with Crippen LogP contribution in [0.3, 0.4) is 0 Å². The number of rotatable bonds is 2. The largest absolute Gasteiger partial charge is 0.492 e. The van der Waals surface area contributed by atoms with Crippen LogP contribution in [-0.2, 0) is 14.3 Å². The van der Waals surface area contributed by atoms with Gasteiger partial charge in [-0.15, -0.1) is 0 Å². The lowest BCUT2D eigenvalue weighted by Crippen LogP contribution is -2.60. The third-order valence-corrected chi connectivity index (χ3v) is 7.96. The van der Waals surface area contributed by atoms with Crippen LogP contribution >= 0.6 is 0 Å². The van der Waals surface area contributed by atoms with E-state index < -0.39 is 0 Å². The molecule has 33 heavy (non-hydrogen) atoms. The van der Waals surface area contributed by atoms with Crippen molar-refractivity contribution in [2.75, 3.05) is 53.0 Å². The smallest absolute Gasteiger partial charge is 0.250 e. The van der Waals surface area contributed by atoms with Gasteiger partial charge in [-0.2, -0.15) is 0 Å². The zero-order chi connectivity index (χ0) is 22.6. The second-order valence-electron chi connectivity index (χ2n) is 10.2. The summed E-state index contributed by atoms with van der Waals surface area (Å²) >= 11 is 0. The minimum Gasteiger partial charge on any atom is -0.492 e. The number of carbonyl (C=O) groups excluding carboxylic acids is 1. The number of piperidine rings is 1. The van der Waals surface area contributed by atoms with Gasteiger partial charge in [-0.1, -0.05) is 18.2 Å². The molecule has 7 nitrogen and oxygen atoms in total. The van der Waals surface area contributed by atoms with Crippen LogP contribution in [0.5, 0.6) is 5.75 Å². The van der Waals surface area contributed by atoms with E-state index in [1.54, 1.807) is 0 Å². The third kappa shape index (κ3) is 5.53. The van der Waals surface area contributed by atoms with Crippen molar-refractivity contribution in [1.29, 1.82) is 0 Å². The van der Waals surface area contributed by atoms with Crippen molar-refractivity contribution in [2.45, 2.75) is 68.7 Å². The predicted molar refractivity (Wildman–Crippen MR) is 127 cm³/mol. The molecule has 3 atom stereocenters. The fourth-order valence-electron chi connectivity index (χ4n) is 6.00. The summed E-state index contributed by atoms with van der Waals surface area (Å²) in [6.07, 6.45) is 6.44. The lowest BCUT2D eigenvalue weighted by molar-refractivity contribution is -0.140. The second kappa shape index (κ2) is 10.7. The lowest BCUT2D eigenvalue weighted by atomic mass is 9.82. The van der Waals surface area contributed by atoms with Crippen LogP contribution < -0.4 is 10.1 Å². The van der Waals surface area contributed by atoms with E-state index in [1.165, 1.54) is 5.56 Å². The topological polar surface area (TPSA) is 63.3 Å². The summed E-state index contributed by atoms with van der Waals surface area (Å²) in [4.78, 5) is 17.7. The first-order valence-electron chi connectivity index (χ1n) is 12.9. The molecular weight excluding hydrogens is 418 g/mol. The molecule has 2 saturated heterocycles. The molecule has 182 valence electrons. The number of para-hydroxylation sites is 1. The number of fused-ring (bicyclic) bond motifs is 5. The number of amides is 1. The molecule has 6 rings (SSSR count). The van der Waals surface area contributed by atoms with Gasteiger partial charge in [0.2, 0.25) is 0 Å². The van der Waals surface area contributed by atoms with Crippen LogP contribution in [0.25, 0.3) is 0 Å². The Labute approximate surface area is 197 Å². The minimum absolute atomic E-state index is 0.0157. The van der Waals surface area contributed by atoms with Crippen molar-refractivity contribution in [3.8, 4) is 5.75 Å². The third-order valence-electron chi connectivity index (χ3n) is 7.96. The minimum atomic E-state index is -0.384. The highest BCUT2D eigenvalue weighted by atomic mass is 16.5. The van der Waals surface area contributed by atoms with Crippen LogP contribution in [0.15, 0.2) is 24.3 Å². The summed E-state index contributed by atoms with van der Waals surface area (Å²) in [5.41, 5.74) is 1.35. The molecule has 1 aromatic rings. The first kappa shape index (κ1) is 23.1. The lowest BCUT2D eigenvalue weighted by Gasteiger charge is -2.42. The molecule has 5 aliphatic rings. The Morgan fingerprint density at radius 3 is 2.70 bits per heavy atom. The maximum Gasteiger partial charge on any atom is 0.250 e. The molecule has 1 aromatic carbocycles. The van der Waals surface area contributed by atoms with Gasteiger partial charge in [0.05, 0.1) is 25.4 Å². The fourth-order valence-corrected chi connectivity index (χ4v) is 6.00. The SMILES string of the molecule is CN1CCO[C@@H](C(=O)N[C@H]2CCCN3CCOc4ccccc4C4CCC(CC4)OC[C@@H]23)C1. The predicted octanol–water partition coefficient (Wildman–Crippen LogP) is 2.40. The maximum atomic E-state index is 13.0. The van der Waals surface area contributed by atoms with Crippen molar-refractivity contribution >= 4 is 5.91 Å². The number of hydrogen-bond acceptors (Lipinski definition) is 6. The van der Waals surface area contributed by atoms with Crippen molar-refractivity contribution in [3.05, 3.63) is 29.8 Å². The van der Waals surface area contributed by atoms with Crippen molar-refractivity contribution in [3.63, 3.8) is 0 Å². The highest BCUT2D eigenvalue weighted by Gasteiger charge is 2.36. The van der Waals surface area contributed by atoms with Gasteiger partial charge in [0.25, 0.3) is 5.91 Å². The standard InChI is InChI=1S/C26H39N3O4/c1-28-13-15-32-25(17-28)26(30)27-22-6-4-12-29-14-16-31-24-7-3-2-5-21(24)19-8-10-20(11-9-19)33-18-23(22)29/h2-3,5,7,19-20,22-23,25H,4,6,8-18H2,1H3,(H,27,30)/t19?,20?,22-,23-,25+/m0/s1. The second-order valence-corrected chi connectivity index (χ2v) is 10.2. The number of carbonyl (C=O) groups is 1. The van der Waals surface area contributed by atoms with Gasteiger partial charge in [0.1, 0.15) is 18.5 Å². The quantitative estimate of drug-likeness (QED) is 0.736. The van der Waals surface area contributed by atoms with Gasteiger partial charge < -0.3 is 24.4 Å². The number of ether oxygens (including phenoxy) is 3. The molecule has 7 heteroatoms. The summed E-state index contributed by atoms with van der Waals surface area (Å²) in [5, 5.41) is 3.34. The molecule has 0 radical (unpaired) electrons. The fraction of sp³-hybridized carbons (Fsp3) is 0.731. The summed E-state index contributed by atoms with van der Waals surface area (Å²) in [6, 6.07) is 8.81. The van der Waals surface area contributed by atoms with Gasteiger partial charge >= 0.3 is 0 Å². The van der Waals surface area contributed by atoms with E-state index in [0.29, 0.717) is 38.4 Å². The average Bonchev–Trinajstić information content (AvgIpc) is 2.86. The zero-order valence-electron chi connectivity index (χ0n) is 19.9. The van der Waals surface area contributed by atoms with Crippen LogP contribution in [0, 0.1) is 0 Å². The van der Waals surface area contributed by atoms with E-state index in [0.717, 1.165) is 63.9 Å². The number of benzene rings is 1. The van der Waals surface area contributed by atoms with E-state index in [4.69, 9.17) is 14.2 Å². The molecule has 2 bridgehead atoms. The molecule has 3 fully saturated rings. The van der Waals surface area contributed by atoms with E-state index in [-0.39, 0.29) is 24.1 Å². The molecular formula is C26H39N3O4. The van der Waals surface area contributed by atoms with Crippen molar-refractivity contribution in [1.82, 2.24) is 15.1 Å². The Bertz CT molecular complexity index is 797. The summed E-state index contributed by atoms with van der Waals surface area (Å²) in [6.45, 7) is 5.32. The van der Waals surface area contributed by atoms with Crippen LogP contribution in [0.4, 0.5) is 0 Å². The van der Waals surface area contributed by atoms with Gasteiger partial charge in [-0.25, -0.2) is 0 Å². The molecule has 4 heterocycles. The highest BCUT2D eigenvalue weighted by molar-refractivity contribution is 5.81. The van der Waals surface area contributed by atoms with Crippen molar-refractivity contribution < 1.29 is 19.0 Å². The summed E-state index contributed by atoms with van der Waals surface area (Å²) < 4.78 is 18.6. The van der Waals surface area contributed by atoms with Crippen molar-refractivity contribution in [2.24, 2.45) is 0 Å². The Morgan fingerprint density at radius 1 is 1.00 bits per heavy atom. The molecule has 1 N–H and O–H groups in total. The highest BCUT2D eigenvalue weighted by Crippen LogP contribution is 2.38. The molecule has 0 aromatic heterocycles. The molecule has 1 aliphatic carbocycles. The molecule has 1 amide bonds. The van der Waals surface area contributed by atoms with E-state index in [9.17, 15) is 4.79 Å². The zero-order valence-corrected chi connectivity index (χ0v) is 19.9. The number of nitrogens with one attached hydrogen (secondary N) is 1. The van der Waals surface area contributed by atoms with Gasteiger partial charge in [0, 0.05) is 25.7 Å². The maximum absolute atomic E-state index is 13.0. The number of likely N-dealkylation sites (N-methyl/N-ethyl adjacent to an activating group) is 1. The molecule has 1 saturated carbocycles. The number of hydrogen-bond donors (Lipinski definition) is 1. The van der Waals surface area contributed by atoms with Gasteiger partial charge in [-0.05, 0) is 69.7 Å². The molecule has 0 spiro atoms. The summed E-state index contributed by atoms with van der Waals surface area (Å²) in [5.74, 6) is 1.62. The Balaban J connectivity index is 1.29. The normalized spacial score (nSPS) is 34.0. The molecule has 4 aliphatic heterocycles. The van der Waals surface area contributed by atoms with E-state index >= 15 is 0 Å². The van der Waals surface area contributed by atoms with E-state index in [2.05, 4.69) is 39.4 Å². The van der Waals surface area contributed by atoms with E-state index in [1.807, 2.05) is 7.05 Å². The Morgan fingerprint density at radius 2 is 1.85 bits per heavy atom. The van der Waals surface area contributed by atoms with Crippen LogP contribution in [0.1, 0.15) is 50.0 Å². The Kier molecular flexibility index (Phi) is 7.50. The first-order valence-corrected chi connectivity index (χ1v) is 12.9. The summed E-state index contributed by atoms with van der Waals surface area (Å²) in [7, 11) is 2.04. The van der Waals surface area contributed by atoms with Gasteiger partial charge in [0.15, 0.2) is 0 Å². The van der Waals surface area contributed by atoms with Crippen LogP contribution in [0.2, 0.25) is 0 Å². The molecule has 0 unspecified atom stereocenters. The number of nitrogens with zero attached hydrogens (tertiary/aromatic N) is 2.